The standard InChI is InChI=1S/C15H20N2O2/c1-12-3-4-15(18-2)14(9-12)13(10-16)11-17-5-7-19-8-6-17/h3-4,9,13H,5-8,11H2,1-2H3. The van der Waals surface area contributed by atoms with E-state index < -0.39 is 0 Å². The largest absolute Gasteiger partial charge is 0.496 e. The Kier molecular flexibility index (Phi) is 4.78. The van der Waals surface area contributed by atoms with E-state index in [1.165, 1.54) is 0 Å². The molecule has 4 nitrogen and oxygen atoms in total. The quantitative estimate of drug-likeness (QED) is 0.830. The second-order valence-electron chi connectivity index (χ2n) is 4.84. The van der Waals surface area contributed by atoms with Crippen LogP contribution in [0.15, 0.2) is 18.2 Å². The molecule has 1 aromatic carbocycles. The Morgan fingerprint density at radius 3 is 2.79 bits per heavy atom. The number of nitriles is 1. The van der Waals surface area contributed by atoms with Crippen molar-refractivity contribution in [2.45, 2.75) is 12.8 Å². The first-order valence-corrected chi connectivity index (χ1v) is 6.59. The first-order valence-electron chi connectivity index (χ1n) is 6.59. The Morgan fingerprint density at radius 2 is 2.16 bits per heavy atom. The lowest BCUT2D eigenvalue weighted by molar-refractivity contribution is 0.0369. The molecule has 0 bridgehead atoms. The summed E-state index contributed by atoms with van der Waals surface area (Å²) >= 11 is 0. The Bertz CT molecular complexity index is 462. The van der Waals surface area contributed by atoms with Gasteiger partial charge in [-0.15, -0.1) is 0 Å². The fourth-order valence-electron chi connectivity index (χ4n) is 2.38. The van der Waals surface area contributed by atoms with Gasteiger partial charge in [0.25, 0.3) is 0 Å². The maximum Gasteiger partial charge on any atom is 0.123 e. The third-order valence-electron chi connectivity index (χ3n) is 3.46. The van der Waals surface area contributed by atoms with Crippen molar-refractivity contribution in [2.24, 2.45) is 0 Å². The summed E-state index contributed by atoms with van der Waals surface area (Å²) in [6.07, 6.45) is 0. The van der Waals surface area contributed by atoms with Gasteiger partial charge in [-0.2, -0.15) is 5.26 Å². The maximum absolute atomic E-state index is 9.46. The number of hydrogen-bond donors (Lipinski definition) is 0. The van der Waals surface area contributed by atoms with Gasteiger partial charge in [0.2, 0.25) is 0 Å². The molecule has 0 aromatic heterocycles. The van der Waals surface area contributed by atoms with Gasteiger partial charge in [0.1, 0.15) is 5.75 Å². The highest BCUT2D eigenvalue weighted by molar-refractivity contribution is 5.42. The van der Waals surface area contributed by atoms with E-state index >= 15 is 0 Å². The first-order chi connectivity index (χ1) is 9.24. The molecule has 1 fully saturated rings. The molecule has 4 heteroatoms. The van der Waals surface area contributed by atoms with Crippen molar-refractivity contribution >= 4 is 0 Å². The predicted molar refractivity (Wildman–Crippen MR) is 73.3 cm³/mol. The molecule has 0 aliphatic carbocycles. The number of hydrogen-bond acceptors (Lipinski definition) is 4. The molecule has 0 saturated carbocycles. The van der Waals surface area contributed by atoms with Crippen molar-refractivity contribution in [3.8, 4) is 11.8 Å². The van der Waals surface area contributed by atoms with Crippen molar-refractivity contribution in [1.82, 2.24) is 4.90 Å². The van der Waals surface area contributed by atoms with Crippen LogP contribution in [0.3, 0.4) is 0 Å². The van der Waals surface area contributed by atoms with Gasteiger partial charge in [-0.1, -0.05) is 17.7 Å². The Balaban J connectivity index is 2.16. The highest BCUT2D eigenvalue weighted by atomic mass is 16.5. The molecular formula is C15H20N2O2. The van der Waals surface area contributed by atoms with Gasteiger partial charge >= 0.3 is 0 Å². The number of methoxy groups -OCH3 is 1. The van der Waals surface area contributed by atoms with Crippen LogP contribution in [0.25, 0.3) is 0 Å². The summed E-state index contributed by atoms with van der Waals surface area (Å²) in [4.78, 5) is 2.28. The summed E-state index contributed by atoms with van der Waals surface area (Å²) in [5, 5.41) is 9.46. The van der Waals surface area contributed by atoms with Crippen LogP contribution in [-0.2, 0) is 4.74 Å². The molecule has 0 spiro atoms. The lowest BCUT2D eigenvalue weighted by Crippen LogP contribution is -2.38. The average molecular weight is 260 g/mol. The Morgan fingerprint density at radius 1 is 1.42 bits per heavy atom. The topological polar surface area (TPSA) is 45.5 Å². The molecule has 0 amide bonds. The van der Waals surface area contributed by atoms with Crippen LogP contribution < -0.4 is 4.74 Å². The van der Waals surface area contributed by atoms with Crippen molar-refractivity contribution in [3.63, 3.8) is 0 Å². The molecule has 1 unspecified atom stereocenters. The van der Waals surface area contributed by atoms with Crippen molar-refractivity contribution < 1.29 is 9.47 Å². The highest BCUT2D eigenvalue weighted by Crippen LogP contribution is 2.28. The summed E-state index contributed by atoms with van der Waals surface area (Å²) in [6.45, 7) is 6.07. The van der Waals surface area contributed by atoms with E-state index in [-0.39, 0.29) is 5.92 Å². The molecule has 1 aromatic rings. The Labute approximate surface area is 114 Å². The van der Waals surface area contributed by atoms with E-state index in [1.807, 2.05) is 25.1 Å². The lowest BCUT2D eigenvalue weighted by atomic mass is 9.97. The van der Waals surface area contributed by atoms with Crippen LogP contribution in [-0.4, -0.2) is 44.9 Å². The molecule has 102 valence electrons. The predicted octanol–water partition coefficient (Wildman–Crippen LogP) is 1.94. The molecular weight excluding hydrogens is 240 g/mol. The average Bonchev–Trinajstić information content (AvgIpc) is 2.46. The van der Waals surface area contributed by atoms with E-state index in [2.05, 4.69) is 11.0 Å². The highest BCUT2D eigenvalue weighted by Gasteiger charge is 2.20. The van der Waals surface area contributed by atoms with E-state index in [4.69, 9.17) is 9.47 Å². The van der Waals surface area contributed by atoms with Gasteiger partial charge in [0.05, 0.1) is 32.3 Å². The molecule has 1 atom stereocenters. The van der Waals surface area contributed by atoms with Gasteiger partial charge in [-0.25, -0.2) is 0 Å². The monoisotopic (exact) mass is 260 g/mol. The van der Waals surface area contributed by atoms with Crippen molar-refractivity contribution in [2.75, 3.05) is 40.0 Å². The smallest absolute Gasteiger partial charge is 0.123 e. The molecule has 2 rings (SSSR count). The summed E-state index contributed by atoms with van der Waals surface area (Å²) in [6, 6.07) is 8.40. The SMILES string of the molecule is COc1ccc(C)cc1C(C#N)CN1CCOCC1. The molecule has 19 heavy (non-hydrogen) atoms. The Hall–Kier alpha value is -1.57. The van der Waals surface area contributed by atoms with Crippen LogP contribution in [0, 0.1) is 18.3 Å². The van der Waals surface area contributed by atoms with Crippen LogP contribution in [0.1, 0.15) is 17.0 Å². The van der Waals surface area contributed by atoms with E-state index in [0.29, 0.717) is 0 Å². The molecule has 1 aliphatic heterocycles. The normalized spacial score (nSPS) is 17.7. The number of nitrogens with zero attached hydrogens (tertiary/aromatic N) is 2. The van der Waals surface area contributed by atoms with Crippen LogP contribution in [0.5, 0.6) is 5.75 Å². The van der Waals surface area contributed by atoms with E-state index in [9.17, 15) is 5.26 Å². The number of ether oxygens (including phenoxy) is 2. The van der Waals surface area contributed by atoms with Gasteiger partial charge < -0.3 is 9.47 Å². The zero-order valence-corrected chi connectivity index (χ0v) is 11.6. The number of morpholine rings is 1. The minimum Gasteiger partial charge on any atom is -0.496 e. The van der Waals surface area contributed by atoms with Crippen molar-refractivity contribution in [1.29, 1.82) is 5.26 Å². The number of benzene rings is 1. The summed E-state index contributed by atoms with van der Waals surface area (Å²) in [5.74, 6) is 0.637. The molecule has 0 N–H and O–H groups in total. The van der Waals surface area contributed by atoms with Gasteiger partial charge in [-0.05, 0) is 13.0 Å². The van der Waals surface area contributed by atoms with Gasteiger partial charge in [-0.3, -0.25) is 4.90 Å². The summed E-state index contributed by atoms with van der Waals surface area (Å²) < 4.78 is 10.7. The second-order valence-corrected chi connectivity index (χ2v) is 4.84. The maximum atomic E-state index is 9.46. The first kappa shape index (κ1) is 13.9. The van der Waals surface area contributed by atoms with Gasteiger partial charge in [0.15, 0.2) is 0 Å². The van der Waals surface area contributed by atoms with Crippen LogP contribution in [0.2, 0.25) is 0 Å². The lowest BCUT2D eigenvalue weighted by Gasteiger charge is -2.28. The zero-order valence-electron chi connectivity index (χ0n) is 11.6. The molecule has 1 aliphatic rings. The van der Waals surface area contributed by atoms with Gasteiger partial charge in [0, 0.05) is 25.2 Å². The van der Waals surface area contributed by atoms with Crippen LogP contribution in [0.4, 0.5) is 0 Å². The number of aryl methyl sites for hydroxylation is 1. The van der Waals surface area contributed by atoms with E-state index in [1.54, 1.807) is 7.11 Å². The minimum absolute atomic E-state index is 0.159. The zero-order chi connectivity index (χ0) is 13.7. The third kappa shape index (κ3) is 3.46. The second kappa shape index (κ2) is 6.55. The number of rotatable bonds is 4. The fourth-order valence-corrected chi connectivity index (χ4v) is 2.38. The molecule has 1 saturated heterocycles. The van der Waals surface area contributed by atoms with Crippen LogP contribution >= 0.6 is 0 Å². The molecule has 0 radical (unpaired) electrons. The molecule has 1 heterocycles. The van der Waals surface area contributed by atoms with Crippen molar-refractivity contribution in [3.05, 3.63) is 29.3 Å². The summed E-state index contributed by atoms with van der Waals surface area (Å²) in [7, 11) is 1.65. The van der Waals surface area contributed by atoms with E-state index in [0.717, 1.165) is 49.7 Å². The summed E-state index contributed by atoms with van der Waals surface area (Å²) in [5.41, 5.74) is 2.13. The fraction of sp³-hybridized carbons (Fsp3) is 0.533. The third-order valence-corrected chi connectivity index (χ3v) is 3.46. The minimum atomic E-state index is -0.159.